The van der Waals surface area contributed by atoms with Gasteiger partial charge in [0.2, 0.25) is 5.91 Å². The molecule has 3 saturated heterocycles. The molecule has 49 heavy (non-hydrogen) atoms. The van der Waals surface area contributed by atoms with Crippen LogP contribution in [0.2, 0.25) is 0 Å². The van der Waals surface area contributed by atoms with Crippen molar-refractivity contribution < 1.29 is 24.3 Å². The molecule has 1 aromatic heterocycles. The van der Waals surface area contributed by atoms with Gasteiger partial charge in [0.05, 0.1) is 42.4 Å². The van der Waals surface area contributed by atoms with Crippen molar-refractivity contribution in [3.05, 3.63) is 72.6 Å². The number of carboxylic acids is 1. The van der Waals surface area contributed by atoms with Crippen molar-refractivity contribution in [2.45, 2.75) is 50.2 Å². The standard InChI is InChI=1S/C36H44N8O5/c1-3-35(45)40-28-20-29(32(48-2)21-31(28)43-12-9-27(10-13-43)42-16-14-41(15-17-42)26-7-8-26)39-33-22-34(38-23-37-33)44-30(11-18-49-44)24-5-4-6-25(19-24)36(46)47/h3-6,19-23,26-27,30H,1,7-18H2,2H3,(H,40,45)(H,46,47)(H,37,38,39)/t30-/m1/s1. The van der Waals surface area contributed by atoms with E-state index in [1.165, 1.54) is 38.3 Å². The predicted molar refractivity (Wildman–Crippen MR) is 188 cm³/mol. The van der Waals surface area contributed by atoms with Gasteiger partial charge in [0, 0.05) is 69.9 Å². The summed E-state index contributed by atoms with van der Waals surface area (Å²) in [4.78, 5) is 46.7. The van der Waals surface area contributed by atoms with E-state index in [1.54, 1.807) is 36.4 Å². The minimum atomic E-state index is -0.980. The number of hydrogen-bond donors (Lipinski definition) is 3. The third-order valence-corrected chi connectivity index (χ3v) is 10.1. The van der Waals surface area contributed by atoms with Crippen LogP contribution in [-0.4, -0.2) is 102 Å². The van der Waals surface area contributed by atoms with E-state index < -0.39 is 5.97 Å². The molecule has 0 bridgehead atoms. The number of hydroxylamine groups is 1. The fraction of sp³-hybridized carbons (Fsp3) is 0.444. The van der Waals surface area contributed by atoms with Gasteiger partial charge in [0.25, 0.3) is 0 Å². The Morgan fingerprint density at radius 1 is 0.939 bits per heavy atom. The van der Waals surface area contributed by atoms with Crippen LogP contribution in [0, 0.1) is 0 Å². The Kier molecular flexibility index (Phi) is 9.65. The van der Waals surface area contributed by atoms with Crippen molar-refractivity contribution >= 4 is 40.6 Å². The van der Waals surface area contributed by atoms with Gasteiger partial charge in [-0.15, -0.1) is 0 Å². The van der Waals surface area contributed by atoms with Crippen LogP contribution in [0.3, 0.4) is 0 Å². The summed E-state index contributed by atoms with van der Waals surface area (Å²) in [6, 6.07) is 13.7. The fourth-order valence-electron chi connectivity index (χ4n) is 7.31. The molecule has 0 unspecified atom stereocenters. The van der Waals surface area contributed by atoms with E-state index in [-0.39, 0.29) is 17.5 Å². The van der Waals surface area contributed by atoms with E-state index in [0.717, 1.165) is 56.3 Å². The first-order valence-electron chi connectivity index (χ1n) is 17.1. The summed E-state index contributed by atoms with van der Waals surface area (Å²) in [5.74, 6) is 0.341. The average Bonchev–Trinajstić information content (AvgIpc) is 3.87. The van der Waals surface area contributed by atoms with Gasteiger partial charge in [-0.25, -0.2) is 19.8 Å². The van der Waals surface area contributed by atoms with Crippen LogP contribution in [0.4, 0.5) is 28.7 Å². The van der Waals surface area contributed by atoms with Crippen LogP contribution in [-0.2, 0) is 9.63 Å². The highest BCUT2D eigenvalue weighted by Crippen LogP contribution is 2.41. The maximum atomic E-state index is 12.6. The molecule has 0 radical (unpaired) electrons. The second kappa shape index (κ2) is 14.4. The van der Waals surface area contributed by atoms with Gasteiger partial charge >= 0.3 is 5.97 Å². The molecule has 1 amide bonds. The van der Waals surface area contributed by atoms with Crippen LogP contribution >= 0.6 is 0 Å². The summed E-state index contributed by atoms with van der Waals surface area (Å²) in [5.41, 5.74) is 3.21. The number of nitrogens with zero attached hydrogens (tertiary/aromatic N) is 6. The van der Waals surface area contributed by atoms with E-state index in [2.05, 4.69) is 41.9 Å². The number of aromatic nitrogens is 2. The summed E-state index contributed by atoms with van der Waals surface area (Å²) >= 11 is 0. The highest BCUT2D eigenvalue weighted by Gasteiger charge is 2.34. The van der Waals surface area contributed by atoms with E-state index in [9.17, 15) is 14.7 Å². The van der Waals surface area contributed by atoms with Crippen molar-refractivity contribution in [2.75, 3.05) is 73.6 Å². The van der Waals surface area contributed by atoms with E-state index in [0.29, 0.717) is 47.8 Å². The SMILES string of the molecule is C=CC(=O)Nc1cc(Nc2cc(N3OCC[C@@H]3c3cccc(C(=O)O)c3)ncn2)c(OC)cc1N1CCC(N2CCN(C3CC3)CC2)CC1. The quantitative estimate of drug-likeness (QED) is 0.245. The molecule has 1 atom stereocenters. The van der Waals surface area contributed by atoms with E-state index >= 15 is 0 Å². The number of carboxylic acid groups (broad SMARTS) is 1. The molecule has 0 spiro atoms. The van der Waals surface area contributed by atoms with Crippen LogP contribution in [0.25, 0.3) is 0 Å². The molecule has 13 heteroatoms. The van der Waals surface area contributed by atoms with Gasteiger partial charge in [-0.1, -0.05) is 18.7 Å². The highest BCUT2D eigenvalue weighted by molar-refractivity contribution is 6.02. The molecular formula is C36H44N8O5. The number of nitrogens with one attached hydrogen (secondary N) is 2. The average molecular weight is 669 g/mol. The van der Waals surface area contributed by atoms with Crippen molar-refractivity contribution in [1.82, 2.24) is 19.8 Å². The van der Waals surface area contributed by atoms with Crippen molar-refractivity contribution in [2.24, 2.45) is 0 Å². The molecule has 1 saturated carbocycles. The second-order valence-corrected chi connectivity index (χ2v) is 13.1. The lowest BCUT2D eigenvalue weighted by atomic mass is 10.0. The monoisotopic (exact) mass is 668 g/mol. The third kappa shape index (κ3) is 7.33. The Morgan fingerprint density at radius 3 is 2.35 bits per heavy atom. The number of rotatable bonds is 11. The van der Waals surface area contributed by atoms with Crippen molar-refractivity contribution in [1.29, 1.82) is 0 Å². The molecule has 1 aliphatic carbocycles. The number of carbonyl (C=O) groups is 2. The Balaban J connectivity index is 1.08. The third-order valence-electron chi connectivity index (χ3n) is 10.1. The summed E-state index contributed by atoms with van der Waals surface area (Å²) in [6.07, 6.45) is 8.23. The zero-order valence-corrected chi connectivity index (χ0v) is 27.9. The topological polar surface area (TPSA) is 136 Å². The van der Waals surface area contributed by atoms with Gasteiger partial charge in [-0.3, -0.25) is 19.4 Å². The Morgan fingerprint density at radius 2 is 1.67 bits per heavy atom. The van der Waals surface area contributed by atoms with Crippen molar-refractivity contribution in [3.8, 4) is 5.75 Å². The van der Waals surface area contributed by atoms with Crippen LogP contribution in [0.15, 0.2) is 61.4 Å². The number of aromatic carboxylic acids is 1. The molecule has 4 heterocycles. The van der Waals surface area contributed by atoms with Crippen LogP contribution in [0.5, 0.6) is 5.75 Å². The number of amides is 1. The normalized spacial score (nSPS) is 20.6. The number of hydrogen-bond acceptors (Lipinski definition) is 11. The van der Waals surface area contributed by atoms with Gasteiger partial charge in [-0.2, -0.15) is 0 Å². The zero-order valence-electron chi connectivity index (χ0n) is 27.9. The molecule has 258 valence electrons. The predicted octanol–water partition coefficient (Wildman–Crippen LogP) is 4.68. The number of benzene rings is 2. The second-order valence-electron chi connectivity index (χ2n) is 13.1. The van der Waals surface area contributed by atoms with Gasteiger partial charge < -0.3 is 25.4 Å². The zero-order chi connectivity index (χ0) is 33.9. The lowest BCUT2D eigenvalue weighted by Crippen LogP contribution is -2.53. The van der Waals surface area contributed by atoms with Crippen LogP contribution in [0.1, 0.15) is 54.1 Å². The Labute approximate surface area is 286 Å². The molecule has 3 N–H and O–H groups in total. The Bertz CT molecular complexity index is 1680. The molecule has 7 rings (SSSR count). The summed E-state index contributed by atoms with van der Waals surface area (Å²) < 4.78 is 5.86. The number of piperidine rings is 1. The Hall–Kier alpha value is -4.72. The highest BCUT2D eigenvalue weighted by atomic mass is 16.7. The number of ether oxygens (including phenoxy) is 1. The molecular weight excluding hydrogens is 624 g/mol. The maximum Gasteiger partial charge on any atom is 0.335 e. The summed E-state index contributed by atoms with van der Waals surface area (Å²) in [5, 5.41) is 17.5. The van der Waals surface area contributed by atoms with E-state index in [1.807, 2.05) is 18.2 Å². The summed E-state index contributed by atoms with van der Waals surface area (Å²) in [7, 11) is 1.62. The number of anilines is 5. The van der Waals surface area contributed by atoms with Crippen molar-refractivity contribution in [3.63, 3.8) is 0 Å². The smallest absolute Gasteiger partial charge is 0.335 e. The molecule has 4 fully saturated rings. The molecule has 3 aromatic rings. The van der Waals surface area contributed by atoms with Crippen LogP contribution < -0.4 is 25.3 Å². The minimum absolute atomic E-state index is 0.215. The first kappa shape index (κ1) is 32.8. The molecule has 13 nitrogen and oxygen atoms in total. The van der Waals surface area contributed by atoms with Gasteiger partial charge in [0.15, 0.2) is 5.82 Å². The van der Waals surface area contributed by atoms with Gasteiger partial charge in [-0.05, 0) is 55.5 Å². The first-order valence-corrected chi connectivity index (χ1v) is 17.1. The fourth-order valence-corrected chi connectivity index (χ4v) is 7.31. The maximum absolute atomic E-state index is 12.6. The summed E-state index contributed by atoms with van der Waals surface area (Å²) in [6.45, 7) is 10.5. The molecule has 2 aromatic carbocycles. The largest absolute Gasteiger partial charge is 0.494 e. The molecule has 3 aliphatic heterocycles. The molecule has 4 aliphatic rings. The number of piperazine rings is 1. The van der Waals surface area contributed by atoms with E-state index in [4.69, 9.17) is 9.57 Å². The first-order chi connectivity index (χ1) is 23.9. The minimum Gasteiger partial charge on any atom is -0.494 e. The number of methoxy groups -OCH3 is 1. The number of carbonyl (C=O) groups excluding carboxylic acids is 1. The lowest BCUT2D eigenvalue weighted by molar-refractivity contribution is -0.111. The lowest BCUT2D eigenvalue weighted by Gasteiger charge is -2.43. The van der Waals surface area contributed by atoms with Gasteiger partial charge in [0.1, 0.15) is 17.9 Å².